The van der Waals surface area contributed by atoms with Crippen molar-refractivity contribution < 1.29 is 19.0 Å². The summed E-state index contributed by atoms with van der Waals surface area (Å²) in [6.45, 7) is 0.223. The summed E-state index contributed by atoms with van der Waals surface area (Å²) in [7, 11) is 4.77. The molecule has 0 aliphatic heterocycles. The van der Waals surface area contributed by atoms with Gasteiger partial charge in [-0.1, -0.05) is 5.21 Å². The van der Waals surface area contributed by atoms with Gasteiger partial charge in [-0.25, -0.2) is 0 Å². The van der Waals surface area contributed by atoms with E-state index in [1.165, 1.54) is 14.2 Å². The van der Waals surface area contributed by atoms with Crippen molar-refractivity contribution in [2.45, 2.75) is 6.61 Å². The van der Waals surface area contributed by atoms with Gasteiger partial charge >= 0.3 is 0 Å². The van der Waals surface area contributed by atoms with Gasteiger partial charge < -0.3 is 14.2 Å². The van der Waals surface area contributed by atoms with E-state index in [4.69, 9.17) is 14.2 Å². The number of carbonyl (C=O) groups is 1. The van der Waals surface area contributed by atoms with Crippen molar-refractivity contribution in [3.05, 3.63) is 29.6 Å². The number of aldehydes is 1. The van der Waals surface area contributed by atoms with Crippen LogP contribution in [0.15, 0.2) is 18.3 Å². The molecule has 1 heterocycles. The molecule has 0 aliphatic carbocycles. The molecule has 0 atom stereocenters. The summed E-state index contributed by atoms with van der Waals surface area (Å²) < 4.78 is 17.7. The monoisotopic (exact) mass is 277 g/mol. The standard InChI is InChI=1S/C13H15N3O4/c1-16-6-10(14-15-16)8-20-13-11(18-2)4-9(7-17)5-12(13)19-3/h4-7H,8H2,1-3H3. The van der Waals surface area contributed by atoms with E-state index in [-0.39, 0.29) is 6.61 Å². The van der Waals surface area contributed by atoms with Crippen LogP contribution < -0.4 is 14.2 Å². The number of benzene rings is 1. The molecule has 0 bridgehead atoms. The Kier molecular flexibility index (Phi) is 4.19. The van der Waals surface area contributed by atoms with Gasteiger partial charge in [0.25, 0.3) is 0 Å². The fraction of sp³-hybridized carbons (Fsp3) is 0.308. The summed E-state index contributed by atoms with van der Waals surface area (Å²) in [5.74, 6) is 1.27. The fourth-order valence-corrected chi connectivity index (χ4v) is 1.72. The van der Waals surface area contributed by atoms with Crippen molar-refractivity contribution in [2.24, 2.45) is 7.05 Å². The minimum atomic E-state index is 0.223. The first-order valence-electron chi connectivity index (χ1n) is 5.87. The van der Waals surface area contributed by atoms with Crippen molar-refractivity contribution in [3.63, 3.8) is 0 Å². The quantitative estimate of drug-likeness (QED) is 0.739. The van der Waals surface area contributed by atoms with Gasteiger partial charge in [-0.15, -0.1) is 5.10 Å². The molecule has 0 amide bonds. The van der Waals surface area contributed by atoms with Gasteiger partial charge in [-0.05, 0) is 12.1 Å². The molecule has 2 rings (SSSR count). The molecular formula is C13H15N3O4. The predicted molar refractivity (Wildman–Crippen MR) is 70.3 cm³/mol. The van der Waals surface area contributed by atoms with E-state index in [1.54, 1.807) is 30.1 Å². The minimum absolute atomic E-state index is 0.223. The zero-order chi connectivity index (χ0) is 14.5. The highest BCUT2D eigenvalue weighted by molar-refractivity contribution is 5.78. The number of hydrogen-bond donors (Lipinski definition) is 0. The Morgan fingerprint density at radius 1 is 1.25 bits per heavy atom. The Morgan fingerprint density at radius 3 is 2.35 bits per heavy atom. The molecule has 1 aromatic carbocycles. The summed E-state index contributed by atoms with van der Waals surface area (Å²) in [6, 6.07) is 3.17. The second kappa shape index (κ2) is 6.05. The van der Waals surface area contributed by atoms with E-state index in [2.05, 4.69) is 10.3 Å². The Labute approximate surface area is 116 Å². The number of hydrogen-bond acceptors (Lipinski definition) is 6. The van der Waals surface area contributed by atoms with Gasteiger partial charge in [0.05, 0.1) is 20.4 Å². The average molecular weight is 277 g/mol. The van der Waals surface area contributed by atoms with Gasteiger partial charge in [0.15, 0.2) is 11.5 Å². The van der Waals surface area contributed by atoms with Crippen LogP contribution in [0.3, 0.4) is 0 Å². The lowest BCUT2D eigenvalue weighted by atomic mass is 10.2. The maximum absolute atomic E-state index is 10.9. The normalized spacial score (nSPS) is 10.2. The Bertz CT molecular complexity index is 584. The molecule has 20 heavy (non-hydrogen) atoms. The van der Waals surface area contributed by atoms with Crippen LogP contribution >= 0.6 is 0 Å². The third kappa shape index (κ3) is 2.87. The SMILES string of the molecule is COc1cc(C=O)cc(OC)c1OCc1cn(C)nn1. The van der Waals surface area contributed by atoms with Crippen LogP contribution in [-0.2, 0) is 13.7 Å². The predicted octanol–water partition coefficient (Wildman–Crippen LogP) is 1.22. The Balaban J connectivity index is 2.27. The molecule has 0 aliphatic rings. The number of aryl methyl sites for hydroxylation is 1. The van der Waals surface area contributed by atoms with Crippen LogP contribution in [0, 0.1) is 0 Å². The van der Waals surface area contributed by atoms with E-state index < -0.39 is 0 Å². The fourth-order valence-electron chi connectivity index (χ4n) is 1.72. The first-order valence-corrected chi connectivity index (χ1v) is 5.87. The van der Waals surface area contributed by atoms with E-state index in [9.17, 15) is 4.79 Å². The van der Waals surface area contributed by atoms with Crippen LogP contribution in [0.5, 0.6) is 17.2 Å². The first-order chi connectivity index (χ1) is 9.67. The molecular weight excluding hydrogens is 262 g/mol. The van der Waals surface area contributed by atoms with Crippen LogP contribution in [0.1, 0.15) is 16.1 Å². The van der Waals surface area contributed by atoms with E-state index in [1.807, 2.05) is 0 Å². The summed E-state index contributed by atoms with van der Waals surface area (Å²) in [5.41, 5.74) is 1.13. The van der Waals surface area contributed by atoms with Gasteiger partial charge in [0, 0.05) is 12.6 Å². The molecule has 7 nitrogen and oxygen atoms in total. The van der Waals surface area contributed by atoms with Crippen LogP contribution in [-0.4, -0.2) is 35.5 Å². The smallest absolute Gasteiger partial charge is 0.203 e. The second-order valence-corrected chi connectivity index (χ2v) is 4.04. The summed E-state index contributed by atoms with van der Waals surface area (Å²) in [5, 5.41) is 7.75. The molecule has 7 heteroatoms. The average Bonchev–Trinajstić information content (AvgIpc) is 2.89. The van der Waals surface area contributed by atoms with Crippen LogP contribution in [0.4, 0.5) is 0 Å². The molecule has 0 N–H and O–H groups in total. The van der Waals surface area contributed by atoms with Crippen molar-refractivity contribution in [2.75, 3.05) is 14.2 Å². The van der Waals surface area contributed by atoms with Crippen molar-refractivity contribution in [3.8, 4) is 17.2 Å². The third-order valence-electron chi connectivity index (χ3n) is 2.63. The number of methoxy groups -OCH3 is 2. The highest BCUT2D eigenvalue weighted by Crippen LogP contribution is 2.38. The number of rotatable bonds is 6. The molecule has 0 radical (unpaired) electrons. The Morgan fingerprint density at radius 2 is 1.90 bits per heavy atom. The van der Waals surface area contributed by atoms with Gasteiger partial charge in [-0.3, -0.25) is 9.48 Å². The number of aromatic nitrogens is 3. The van der Waals surface area contributed by atoms with Gasteiger partial charge in [0.1, 0.15) is 18.6 Å². The molecule has 0 unspecified atom stereocenters. The van der Waals surface area contributed by atoms with Crippen LogP contribution in [0.25, 0.3) is 0 Å². The maximum atomic E-state index is 10.9. The van der Waals surface area contributed by atoms with E-state index in [0.29, 0.717) is 28.5 Å². The molecule has 1 aromatic heterocycles. The largest absolute Gasteiger partial charge is 0.493 e. The van der Waals surface area contributed by atoms with Gasteiger partial charge in [-0.2, -0.15) is 0 Å². The maximum Gasteiger partial charge on any atom is 0.203 e. The lowest BCUT2D eigenvalue weighted by Crippen LogP contribution is -2.01. The highest BCUT2D eigenvalue weighted by Gasteiger charge is 2.14. The number of ether oxygens (including phenoxy) is 3. The number of carbonyl (C=O) groups excluding carboxylic acids is 1. The summed E-state index contributed by atoms with van der Waals surface area (Å²) >= 11 is 0. The van der Waals surface area contributed by atoms with Crippen LogP contribution in [0.2, 0.25) is 0 Å². The zero-order valence-electron chi connectivity index (χ0n) is 11.5. The first kappa shape index (κ1) is 13.9. The van der Waals surface area contributed by atoms with Crippen molar-refractivity contribution in [1.82, 2.24) is 15.0 Å². The van der Waals surface area contributed by atoms with E-state index >= 15 is 0 Å². The topological polar surface area (TPSA) is 75.5 Å². The lowest BCUT2D eigenvalue weighted by Gasteiger charge is -2.14. The Hall–Kier alpha value is -2.57. The molecule has 0 spiro atoms. The summed E-state index contributed by atoms with van der Waals surface area (Å²) in [4.78, 5) is 10.9. The summed E-state index contributed by atoms with van der Waals surface area (Å²) in [6.07, 6.45) is 2.47. The second-order valence-electron chi connectivity index (χ2n) is 4.04. The molecule has 0 saturated heterocycles. The molecule has 0 fully saturated rings. The van der Waals surface area contributed by atoms with Gasteiger partial charge in [0.2, 0.25) is 5.75 Å². The lowest BCUT2D eigenvalue weighted by molar-refractivity contribution is 0.112. The molecule has 2 aromatic rings. The third-order valence-corrected chi connectivity index (χ3v) is 2.63. The highest BCUT2D eigenvalue weighted by atomic mass is 16.5. The molecule has 106 valence electrons. The molecule has 0 saturated carbocycles. The van der Waals surface area contributed by atoms with Crippen molar-refractivity contribution >= 4 is 6.29 Å². The number of nitrogens with zero attached hydrogens (tertiary/aromatic N) is 3. The van der Waals surface area contributed by atoms with Crippen molar-refractivity contribution in [1.29, 1.82) is 0 Å². The van der Waals surface area contributed by atoms with E-state index in [0.717, 1.165) is 6.29 Å². The zero-order valence-corrected chi connectivity index (χ0v) is 11.5. The minimum Gasteiger partial charge on any atom is -0.493 e.